The molecule has 1 aromatic heterocycles. The highest BCUT2D eigenvalue weighted by molar-refractivity contribution is 9.10. The van der Waals surface area contributed by atoms with Crippen molar-refractivity contribution in [1.82, 2.24) is 19.9 Å². The van der Waals surface area contributed by atoms with Crippen LogP contribution in [-0.2, 0) is 24.4 Å². The fourth-order valence-corrected chi connectivity index (χ4v) is 9.50. The van der Waals surface area contributed by atoms with Gasteiger partial charge in [0.2, 0.25) is 21.8 Å². The average molecular weight is 771 g/mol. The summed E-state index contributed by atoms with van der Waals surface area (Å²) in [7, 11) is -3.93. The second-order valence-electron chi connectivity index (χ2n) is 13.9. The molecule has 2 aromatic carbocycles. The first-order chi connectivity index (χ1) is 23.5. The van der Waals surface area contributed by atoms with E-state index < -0.39 is 50.3 Å². The Morgan fingerprint density at radius 1 is 1.12 bits per heavy atom. The number of para-hydroxylation sites is 1. The fourth-order valence-electron chi connectivity index (χ4n) is 6.75. The highest BCUT2D eigenvalue weighted by atomic mass is 79.9. The molecule has 0 bridgehead atoms. The molecule has 2 saturated carbocycles. The minimum absolute atomic E-state index is 0.152. The van der Waals surface area contributed by atoms with Gasteiger partial charge in [0.15, 0.2) is 0 Å². The molecule has 1 saturated heterocycles. The smallest absolute Gasteiger partial charge is 0.274 e. The zero-order chi connectivity index (χ0) is 34.4. The first-order valence-corrected chi connectivity index (χ1v) is 20.0. The first-order valence-electron chi connectivity index (χ1n) is 16.9. The van der Waals surface area contributed by atoms with Crippen molar-refractivity contribution in [3.63, 3.8) is 0 Å². The first kappa shape index (κ1) is 34.0. The number of carbonyl (C=O) groups excluding carboxylic acids is 3. The van der Waals surface area contributed by atoms with E-state index in [1.807, 2.05) is 60.7 Å². The highest BCUT2D eigenvalue weighted by Crippen LogP contribution is 2.47. The molecule has 2 aliphatic carbocycles. The van der Waals surface area contributed by atoms with Crippen molar-refractivity contribution in [3.8, 4) is 5.19 Å². The van der Waals surface area contributed by atoms with Crippen molar-refractivity contribution in [2.45, 2.75) is 93.2 Å². The molecule has 2 aliphatic heterocycles. The van der Waals surface area contributed by atoms with Crippen LogP contribution in [0.4, 0.5) is 5.69 Å². The number of fused-ring (bicyclic) bond motifs is 3. The maximum atomic E-state index is 14.4. The van der Waals surface area contributed by atoms with Crippen molar-refractivity contribution in [2.75, 3.05) is 11.9 Å². The van der Waals surface area contributed by atoms with E-state index in [4.69, 9.17) is 4.74 Å². The predicted octanol–water partition coefficient (Wildman–Crippen LogP) is 5.28. The number of hydrogen-bond acceptors (Lipinski definition) is 9. The van der Waals surface area contributed by atoms with E-state index in [1.54, 1.807) is 11.8 Å². The van der Waals surface area contributed by atoms with Gasteiger partial charge in [-0.25, -0.2) is 13.4 Å². The molecule has 3 N–H and O–H groups in total. The molecular weight excluding hydrogens is 730 g/mol. The number of rotatable bonds is 7. The fraction of sp³-hybridized carbons (Fsp3) is 0.486. The van der Waals surface area contributed by atoms with Crippen LogP contribution in [0.25, 0.3) is 10.2 Å². The third-order valence-electron chi connectivity index (χ3n) is 10.2. The predicted molar refractivity (Wildman–Crippen MR) is 192 cm³/mol. The largest absolute Gasteiger partial charge is 0.465 e. The van der Waals surface area contributed by atoms with Gasteiger partial charge in [0.25, 0.3) is 11.1 Å². The molecule has 49 heavy (non-hydrogen) atoms. The lowest BCUT2D eigenvalue weighted by atomic mass is 10.0. The zero-order valence-corrected chi connectivity index (χ0v) is 30.4. The van der Waals surface area contributed by atoms with E-state index in [-0.39, 0.29) is 31.2 Å². The van der Waals surface area contributed by atoms with E-state index in [0.717, 1.165) is 46.1 Å². The molecular formula is C35H40BrN5O6S2. The number of halogens is 1. The molecule has 11 nitrogen and oxygen atoms in total. The molecule has 5 atom stereocenters. The number of benzene rings is 2. The number of ether oxygens (including phenoxy) is 1. The molecule has 14 heteroatoms. The van der Waals surface area contributed by atoms with Gasteiger partial charge in [-0.05, 0) is 75.8 Å². The summed E-state index contributed by atoms with van der Waals surface area (Å²) in [6.45, 7) is 1.77. The number of anilines is 1. The van der Waals surface area contributed by atoms with E-state index >= 15 is 0 Å². The van der Waals surface area contributed by atoms with Crippen LogP contribution < -0.4 is 20.1 Å². The van der Waals surface area contributed by atoms with Gasteiger partial charge in [0, 0.05) is 22.5 Å². The van der Waals surface area contributed by atoms with Gasteiger partial charge in [-0.3, -0.25) is 19.1 Å². The topological polar surface area (TPSA) is 147 Å². The van der Waals surface area contributed by atoms with Gasteiger partial charge >= 0.3 is 0 Å². The lowest BCUT2D eigenvalue weighted by Gasteiger charge is -2.30. The number of sulfonamides is 1. The molecule has 3 heterocycles. The van der Waals surface area contributed by atoms with Crippen LogP contribution in [0.3, 0.4) is 0 Å². The number of nitrogens with one attached hydrogen (secondary N) is 3. The Hall–Kier alpha value is -3.49. The number of thiazole rings is 1. The summed E-state index contributed by atoms with van der Waals surface area (Å²) in [5.41, 5.74) is 0.159. The zero-order valence-electron chi connectivity index (χ0n) is 27.2. The minimum Gasteiger partial charge on any atom is -0.465 e. The monoisotopic (exact) mass is 769 g/mol. The normalized spacial score (nSPS) is 28.4. The molecule has 3 amide bonds. The lowest BCUT2D eigenvalue weighted by molar-refractivity contribution is -0.140. The van der Waals surface area contributed by atoms with E-state index in [9.17, 15) is 22.8 Å². The Bertz CT molecular complexity index is 1900. The van der Waals surface area contributed by atoms with Crippen molar-refractivity contribution in [2.24, 2.45) is 5.92 Å². The van der Waals surface area contributed by atoms with Crippen molar-refractivity contribution < 1.29 is 27.5 Å². The van der Waals surface area contributed by atoms with Crippen molar-refractivity contribution in [3.05, 3.63) is 65.2 Å². The van der Waals surface area contributed by atoms with Crippen LogP contribution in [0.1, 0.15) is 64.7 Å². The van der Waals surface area contributed by atoms with Gasteiger partial charge in [0.05, 0.1) is 21.5 Å². The van der Waals surface area contributed by atoms with Crippen molar-refractivity contribution in [1.29, 1.82) is 0 Å². The van der Waals surface area contributed by atoms with Crippen LogP contribution in [0.5, 0.6) is 5.19 Å². The van der Waals surface area contributed by atoms with Crippen LogP contribution in [0, 0.1) is 5.92 Å². The number of aromatic nitrogens is 1. The summed E-state index contributed by atoms with van der Waals surface area (Å²) in [5.74, 6) is -1.84. The van der Waals surface area contributed by atoms with E-state index in [0.29, 0.717) is 24.5 Å². The summed E-state index contributed by atoms with van der Waals surface area (Å²) >= 11 is 4.88. The third kappa shape index (κ3) is 7.09. The molecule has 3 aromatic rings. The maximum Gasteiger partial charge on any atom is 0.274 e. The van der Waals surface area contributed by atoms with E-state index in [1.165, 1.54) is 11.3 Å². The van der Waals surface area contributed by atoms with Gasteiger partial charge in [-0.15, -0.1) is 0 Å². The Kier molecular flexibility index (Phi) is 9.24. The standard InChI is InChI=1S/C35H40BrN5O6S2/c1-34(16-17-34)49(45,46)40-32(44)35-20-22(35)10-6-3-2-4-9-13-27(37-24-11-7-5-8-12-24)31(43)41-21-25(19-28(41)30(42)39-35)47-33-38-26-15-14-23(36)18-29(26)48-33/h5-8,10-12,14-15,18,22,25,27-28,37H,2-4,9,13,16-17,19-21H2,1H3,(H,39,42)(H,40,44)/t22-,25-,27+,28+,35-/m1/s1. The Morgan fingerprint density at radius 2 is 1.92 bits per heavy atom. The molecule has 3 fully saturated rings. The minimum atomic E-state index is -3.93. The Balaban J connectivity index is 1.18. The number of nitrogens with zero attached hydrogens (tertiary/aromatic N) is 2. The van der Waals surface area contributed by atoms with Crippen molar-refractivity contribution >= 4 is 70.9 Å². The summed E-state index contributed by atoms with van der Waals surface area (Å²) in [6.07, 6.45) is 8.76. The molecule has 4 aliphatic rings. The average Bonchev–Trinajstić information content (AvgIpc) is 3.88. The molecule has 0 unspecified atom stereocenters. The second-order valence-corrected chi connectivity index (χ2v) is 18.0. The molecule has 0 spiro atoms. The van der Waals surface area contributed by atoms with Gasteiger partial charge < -0.3 is 20.3 Å². The van der Waals surface area contributed by atoms with Gasteiger partial charge in [0.1, 0.15) is 23.7 Å². The van der Waals surface area contributed by atoms with Crippen LogP contribution in [0.15, 0.2) is 65.2 Å². The number of amides is 3. The SMILES string of the molecule is CC1(S(=O)(=O)NC(=O)[C@@]23C[C@H]2C=CCCCCC[C@H](Nc2ccccc2)C(=O)N2C[C@H](Oc4nc5ccc(Br)cc5s4)C[C@H]2C(=O)N3)CC1. The number of allylic oxidation sites excluding steroid dienone is 1. The van der Waals surface area contributed by atoms with Crippen LogP contribution in [-0.4, -0.2) is 71.0 Å². The third-order valence-corrected chi connectivity index (χ3v) is 13.7. The van der Waals surface area contributed by atoms with Gasteiger partial charge in [-0.2, -0.15) is 0 Å². The summed E-state index contributed by atoms with van der Waals surface area (Å²) < 4.78 is 35.7. The quantitative estimate of drug-likeness (QED) is 0.275. The highest BCUT2D eigenvalue weighted by Gasteiger charge is 2.63. The lowest BCUT2D eigenvalue weighted by Crippen LogP contribution is -2.58. The molecule has 0 radical (unpaired) electrons. The number of hydrogen-bond donors (Lipinski definition) is 3. The number of carbonyl (C=O) groups is 3. The summed E-state index contributed by atoms with van der Waals surface area (Å²) in [5, 5.41) is 6.79. The van der Waals surface area contributed by atoms with Crippen LogP contribution >= 0.6 is 27.3 Å². The summed E-state index contributed by atoms with van der Waals surface area (Å²) in [4.78, 5) is 48.7. The maximum absolute atomic E-state index is 14.4. The second kappa shape index (κ2) is 13.3. The Morgan fingerprint density at radius 3 is 2.69 bits per heavy atom. The van der Waals surface area contributed by atoms with Crippen LogP contribution in [0.2, 0.25) is 0 Å². The molecule has 260 valence electrons. The Labute approximate surface area is 298 Å². The molecule has 7 rings (SSSR count). The summed E-state index contributed by atoms with van der Waals surface area (Å²) in [6, 6.07) is 13.8. The van der Waals surface area contributed by atoms with E-state index in [2.05, 4.69) is 36.3 Å². The van der Waals surface area contributed by atoms with Gasteiger partial charge in [-0.1, -0.05) is 70.5 Å².